The number of carboxylic acid groups (broad SMARTS) is 1. The van der Waals surface area contributed by atoms with Gasteiger partial charge in [0.15, 0.2) is 0 Å². The molecule has 1 rings (SSSR count). The molecule has 0 saturated heterocycles. The molecule has 82 valence electrons. The Kier molecular flexibility index (Phi) is 3.97. The zero-order valence-electron chi connectivity index (χ0n) is 8.66. The lowest BCUT2D eigenvalue weighted by Gasteiger charge is -2.11. The molecule has 4 heteroatoms. The zero-order valence-corrected chi connectivity index (χ0v) is 9.41. The Labute approximate surface area is 93.6 Å². The molecule has 15 heavy (non-hydrogen) atoms. The number of hydrogen-bond acceptors (Lipinski definition) is 2. The first kappa shape index (κ1) is 11.9. The van der Waals surface area contributed by atoms with Crippen LogP contribution in [0.2, 0.25) is 0 Å². The highest BCUT2D eigenvalue weighted by Gasteiger charge is 2.14. The van der Waals surface area contributed by atoms with Crippen LogP contribution in [0.3, 0.4) is 0 Å². The Bertz CT molecular complexity index is 363. The lowest BCUT2D eigenvalue weighted by Crippen LogP contribution is -2.02. The lowest BCUT2D eigenvalue weighted by atomic mass is 10.0. The number of carboxylic acids is 1. The van der Waals surface area contributed by atoms with Gasteiger partial charge in [-0.1, -0.05) is 6.07 Å². The first-order valence-corrected chi connectivity index (χ1v) is 4.98. The maximum Gasteiger partial charge on any atom is 0.305 e. The van der Waals surface area contributed by atoms with Crippen LogP contribution in [0.15, 0.2) is 18.2 Å². The number of hydrogen-bond donors (Lipinski definition) is 1. The molecule has 3 nitrogen and oxygen atoms in total. The Balaban J connectivity index is 2.90. The maximum absolute atomic E-state index is 10.5. The van der Waals surface area contributed by atoms with E-state index in [9.17, 15) is 4.79 Å². The van der Waals surface area contributed by atoms with Gasteiger partial charge in [0.25, 0.3) is 0 Å². The van der Waals surface area contributed by atoms with Crippen LogP contribution in [0.25, 0.3) is 0 Å². The molecule has 0 heterocycles. The van der Waals surface area contributed by atoms with Crippen molar-refractivity contribution in [2.24, 2.45) is 0 Å². The maximum atomic E-state index is 10.5. The molecule has 1 unspecified atom stereocenters. The van der Waals surface area contributed by atoms with Gasteiger partial charge in [0.05, 0.1) is 18.9 Å². The second kappa shape index (κ2) is 5.03. The fourth-order valence-electron chi connectivity index (χ4n) is 1.39. The van der Waals surface area contributed by atoms with Gasteiger partial charge in [-0.25, -0.2) is 0 Å². The first-order valence-electron chi connectivity index (χ1n) is 4.55. The monoisotopic (exact) mass is 228 g/mol. The average molecular weight is 229 g/mol. The van der Waals surface area contributed by atoms with Gasteiger partial charge in [0, 0.05) is 0 Å². The molecule has 0 radical (unpaired) electrons. The van der Waals surface area contributed by atoms with E-state index < -0.39 is 11.3 Å². The Morgan fingerprint density at radius 1 is 1.60 bits per heavy atom. The summed E-state index contributed by atoms with van der Waals surface area (Å²) in [7, 11) is 1.59. The minimum absolute atomic E-state index is 0.0747. The van der Waals surface area contributed by atoms with Crippen LogP contribution in [0.4, 0.5) is 0 Å². The van der Waals surface area contributed by atoms with Crippen LogP contribution in [0, 0.1) is 6.92 Å². The third-order valence-electron chi connectivity index (χ3n) is 2.17. The van der Waals surface area contributed by atoms with Gasteiger partial charge >= 0.3 is 5.97 Å². The summed E-state index contributed by atoms with van der Waals surface area (Å²) in [5.74, 6) is -0.152. The van der Waals surface area contributed by atoms with Crippen molar-refractivity contribution in [1.29, 1.82) is 0 Å². The Morgan fingerprint density at radius 2 is 2.27 bits per heavy atom. The van der Waals surface area contributed by atoms with Crippen molar-refractivity contribution in [1.82, 2.24) is 0 Å². The SMILES string of the molecule is COc1ccc(C(Cl)CC(=O)O)c(C)c1. The summed E-state index contributed by atoms with van der Waals surface area (Å²) in [6, 6.07) is 5.42. The molecule has 0 amide bonds. The standard InChI is InChI=1S/C11H13ClO3/c1-7-5-8(15-2)3-4-9(7)10(12)6-11(13)14/h3-5,10H,6H2,1-2H3,(H,13,14). The molecule has 1 N–H and O–H groups in total. The van der Waals surface area contributed by atoms with Crippen LogP contribution in [-0.4, -0.2) is 18.2 Å². The summed E-state index contributed by atoms with van der Waals surface area (Å²) in [5.41, 5.74) is 1.77. The first-order chi connectivity index (χ1) is 7.04. The molecule has 0 spiro atoms. The van der Waals surface area contributed by atoms with E-state index in [1.54, 1.807) is 19.2 Å². The number of carbonyl (C=O) groups is 1. The number of alkyl halides is 1. The molecular formula is C11H13ClO3. The summed E-state index contributed by atoms with van der Waals surface area (Å²) in [5, 5.41) is 8.14. The number of rotatable bonds is 4. The van der Waals surface area contributed by atoms with Crippen LogP contribution in [0.5, 0.6) is 5.75 Å². The van der Waals surface area contributed by atoms with Gasteiger partial charge in [-0.05, 0) is 30.2 Å². The van der Waals surface area contributed by atoms with Crippen molar-refractivity contribution in [3.63, 3.8) is 0 Å². The van der Waals surface area contributed by atoms with E-state index in [4.69, 9.17) is 21.4 Å². The van der Waals surface area contributed by atoms with Gasteiger partial charge in [-0.15, -0.1) is 11.6 Å². The summed E-state index contributed by atoms with van der Waals surface area (Å²) < 4.78 is 5.05. The van der Waals surface area contributed by atoms with E-state index in [0.717, 1.165) is 16.9 Å². The lowest BCUT2D eigenvalue weighted by molar-refractivity contribution is -0.137. The summed E-state index contributed by atoms with van der Waals surface area (Å²) in [4.78, 5) is 10.5. The molecule has 0 fully saturated rings. The van der Waals surface area contributed by atoms with E-state index in [1.807, 2.05) is 13.0 Å². The predicted molar refractivity (Wildman–Crippen MR) is 58.6 cm³/mol. The van der Waals surface area contributed by atoms with Crippen LogP contribution >= 0.6 is 11.6 Å². The van der Waals surface area contributed by atoms with E-state index in [2.05, 4.69) is 0 Å². The van der Waals surface area contributed by atoms with Crippen molar-refractivity contribution in [2.75, 3.05) is 7.11 Å². The molecule has 1 aromatic rings. The number of halogens is 1. The van der Waals surface area contributed by atoms with Gasteiger partial charge < -0.3 is 9.84 Å². The predicted octanol–water partition coefficient (Wildman–Crippen LogP) is 2.76. The normalized spacial score (nSPS) is 12.2. The van der Waals surface area contributed by atoms with E-state index in [1.165, 1.54) is 0 Å². The van der Waals surface area contributed by atoms with Crippen molar-refractivity contribution in [3.05, 3.63) is 29.3 Å². The smallest absolute Gasteiger partial charge is 0.305 e. The van der Waals surface area contributed by atoms with Gasteiger partial charge in [0.1, 0.15) is 5.75 Å². The second-order valence-electron chi connectivity index (χ2n) is 3.29. The Hall–Kier alpha value is -1.22. The number of aliphatic carboxylic acids is 1. The molecule has 0 aliphatic rings. The molecule has 0 aliphatic carbocycles. The quantitative estimate of drug-likeness (QED) is 0.806. The van der Waals surface area contributed by atoms with Gasteiger partial charge in [-0.2, -0.15) is 0 Å². The van der Waals surface area contributed by atoms with Crippen molar-refractivity contribution < 1.29 is 14.6 Å². The fourth-order valence-corrected chi connectivity index (χ4v) is 1.77. The zero-order chi connectivity index (χ0) is 11.4. The minimum atomic E-state index is -0.898. The largest absolute Gasteiger partial charge is 0.497 e. The molecule has 0 saturated carbocycles. The Morgan fingerprint density at radius 3 is 2.73 bits per heavy atom. The summed E-state index contributed by atoms with van der Waals surface area (Å²) >= 11 is 5.98. The van der Waals surface area contributed by atoms with Crippen molar-refractivity contribution >= 4 is 17.6 Å². The number of aryl methyl sites for hydroxylation is 1. The van der Waals surface area contributed by atoms with E-state index >= 15 is 0 Å². The van der Waals surface area contributed by atoms with Crippen LogP contribution < -0.4 is 4.74 Å². The van der Waals surface area contributed by atoms with Crippen LogP contribution in [0.1, 0.15) is 22.9 Å². The van der Waals surface area contributed by atoms with Crippen LogP contribution in [-0.2, 0) is 4.79 Å². The topological polar surface area (TPSA) is 46.5 Å². The molecular weight excluding hydrogens is 216 g/mol. The molecule has 0 bridgehead atoms. The molecule has 1 aromatic carbocycles. The average Bonchev–Trinajstić information content (AvgIpc) is 2.16. The highest BCUT2D eigenvalue weighted by atomic mass is 35.5. The van der Waals surface area contributed by atoms with E-state index in [0.29, 0.717) is 0 Å². The van der Waals surface area contributed by atoms with Crippen molar-refractivity contribution in [2.45, 2.75) is 18.7 Å². The van der Waals surface area contributed by atoms with Crippen molar-refractivity contribution in [3.8, 4) is 5.75 Å². The number of ether oxygens (including phenoxy) is 1. The van der Waals surface area contributed by atoms with Gasteiger partial charge in [-0.3, -0.25) is 4.79 Å². The number of methoxy groups -OCH3 is 1. The second-order valence-corrected chi connectivity index (χ2v) is 3.81. The van der Waals surface area contributed by atoms with Gasteiger partial charge in [0.2, 0.25) is 0 Å². The molecule has 0 aliphatic heterocycles. The molecule has 1 atom stereocenters. The summed E-state index contributed by atoms with van der Waals surface area (Å²) in [6.45, 7) is 1.88. The van der Waals surface area contributed by atoms with E-state index in [-0.39, 0.29) is 6.42 Å². The third-order valence-corrected chi connectivity index (χ3v) is 2.56. The molecule has 0 aromatic heterocycles. The summed E-state index contributed by atoms with van der Waals surface area (Å²) in [6.07, 6.45) is -0.0747. The number of benzene rings is 1. The third kappa shape index (κ3) is 3.13. The minimum Gasteiger partial charge on any atom is -0.497 e. The fraction of sp³-hybridized carbons (Fsp3) is 0.364. The highest BCUT2D eigenvalue weighted by molar-refractivity contribution is 6.21. The highest BCUT2D eigenvalue weighted by Crippen LogP contribution is 2.29.